The van der Waals surface area contributed by atoms with Crippen molar-refractivity contribution < 1.29 is 9.59 Å². The summed E-state index contributed by atoms with van der Waals surface area (Å²) in [5, 5.41) is 4.17. The van der Waals surface area contributed by atoms with Crippen molar-refractivity contribution in [2.24, 2.45) is 5.92 Å². The van der Waals surface area contributed by atoms with Gasteiger partial charge in [0, 0.05) is 51.7 Å². The molecule has 3 heterocycles. The lowest BCUT2D eigenvalue weighted by atomic mass is 9.94. The van der Waals surface area contributed by atoms with E-state index in [0.29, 0.717) is 24.2 Å². The summed E-state index contributed by atoms with van der Waals surface area (Å²) in [5.74, 6) is 0.386. The number of allylic oxidation sites excluding steroid dienone is 2. The highest BCUT2D eigenvalue weighted by atomic mass is 16.2. The number of rotatable bonds is 6. The minimum atomic E-state index is -0.196. The number of benzene rings is 1. The number of anilines is 1. The highest BCUT2D eigenvalue weighted by Gasteiger charge is 2.38. The summed E-state index contributed by atoms with van der Waals surface area (Å²) in [5.41, 5.74) is 2.00. The molecule has 1 atom stereocenters. The van der Waals surface area contributed by atoms with Crippen molar-refractivity contribution in [1.29, 1.82) is 0 Å². The highest BCUT2D eigenvalue weighted by molar-refractivity contribution is 6.23. The molecule has 0 N–H and O–H groups in total. The maximum atomic E-state index is 13.2. The average Bonchev–Trinajstić information content (AvgIpc) is 3.41. The number of aromatic nitrogens is 2. The second kappa shape index (κ2) is 8.67. The quantitative estimate of drug-likeness (QED) is 0.532. The summed E-state index contributed by atoms with van der Waals surface area (Å²) >= 11 is 0. The maximum Gasteiger partial charge on any atom is 0.263 e. The van der Waals surface area contributed by atoms with E-state index in [1.165, 1.54) is 24.2 Å². The fourth-order valence-electron chi connectivity index (χ4n) is 4.98. The van der Waals surface area contributed by atoms with Crippen LogP contribution in [0, 0.1) is 5.92 Å². The highest BCUT2D eigenvalue weighted by Crippen LogP contribution is 2.32. The van der Waals surface area contributed by atoms with E-state index in [2.05, 4.69) is 27.1 Å². The lowest BCUT2D eigenvalue weighted by molar-refractivity contribution is 0.0647. The first-order valence-corrected chi connectivity index (χ1v) is 11.3. The van der Waals surface area contributed by atoms with Crippen LogP contribution in [0.5, 0.6) is 0 Å². The Morgan fingerprint density at radius 3 is 2.58 bits per heavy atom. The lowest BCUT2D eigenvalue weighted by Gasteiger charge is -2.38. The van der Waals surface area contributed by atoms with Gasteiger partial charge < -0.3 is 4.90 Å². The summed E-state index contributed by atoms with van der Waals surface area (Å²) in [4.78, 5) is 32.3. The molecule has 2 amide bonds. The minimum Gasteiger partial charge on any atom is -0.368 e. The molecule has 0 radical (unpaired) electrons. The molecule has 1 fully saturated rings. The SMILES string of the molecule is O=C1c2cccc(N3CCN(C[C@H]4CC=CCC4)CC3)c2C(=O)N1CCn1cccn1. The number of hydrogen-bond donors (Lipinski definition) is 0. The summed E-state index contributed by atoms with van der Waals surface area (Å²) < 4.78 is 1.74. The molecule has 1 saturated heterocycles. The Balaban J connectivity index is 1.26. The van der Waals surface area contributed by atoms with E-state index < -0.39 is 0 Å². The van der Waals surface area contributed by atoms with Crippen LogP contribution in [-0.4, -0.2) is 70.7 Å². The van der Waals surface area contributed by atoms with Crippen molar-refractivity contribution in [3.63, 3.8) is 0 Å². The van der Waals surface area contributed by atoms with Crippen LogP contribution in [0.2, 0.25) is 0 Å². The molecule has 2 aliphatic heterocycles. The summed E-state index contributed by atoms with van der Waals surface area (Å²) in [6, 6.07) is 7.50. The normalized spacial score (nSPS) is 21.7. The molecule has 0 saturated carbocycles. The standard InChI is InChI=1S/C24H29N5O2/c30-23-20-8-4-9-21(22(20)24(31)29(23)17-16-28-11-5-10-25-28)27-14-12-26(13-15-27)18-19-6-2-1-3-7-19/h1-2,4-5,8-11,19H,3,6-7,12-18H2/t19-/m0/s1. The Morgan fingerprint density at radius 1 is 0.968 bits per heavy atom. The van der Waals surface area contributed by atoms with Gasteiger partial charge in [-0.15, -0.1) is 0 Å². The van der Waals surface area contributed by atoms with Crippen molar-refractivity contribution in [3.05, 3.63) is 59.9 Å². The number of carbonyl (C=O) groups is 2. The van der Waals surface area contributed by atoms with Crippen molar-refractivity contribution in [1.82, 2.24) is 19.6 Å². The monoisotopic (exact) mass is 419 g/mol. The number of fused-ring (bicyclic) bond motifs is 1. The minimum absolute atomic E-state index is 0.181. The van der Waals surface area contributed by atoms with Crippen LogP contribution >= 0.6 is 0 Å². The Bertz CT molecular complexity index is 976. The molecular formula is C24H29N5O2. The largest absolute Gasteiger partial charge is 0.368 e. The second-order valence-electron chi connectivity index (χ2n) is 8.67. The van der Waals surface area contributed by atoms with Gasteiger partial charge in [0.15, 0.2) is 0 Å². The van der Waals surface area contributed by atoms with E-state index in [0.717, 1.165) is 44.3 Å². The molecule has 7 heteroatoms. The third-order valence-corrected chi connectivity index (χ3v) is 6.70. The lowest BCUT2D eigenvalue weighted by Crippen LogP contribution is -2.48. The summed E-state index contributed by atoms with van der Waals surface area (Å²) in [6.07, 6.45) is 11.8. The second-order valence-corrected chi connectivity index (χ2v) is 8.67. The molecule has 1 aromatic heterocycles. The van der Waals surface area contributed by atoms with E-state index in [4.69, 9.17) is 0 Å². The van der Waals surface area contributed by atoms with Crippen LogP contribution in [-0.2, 0) is 6.54 Å². The Labute approximate surface area is 182 Å². The summed E-state index contributed by atoms with van der Waals surface area (Å²) in [6.45, 7) is 5.75. The molecule has 1 aliphatic carbocycles. The van der Waals surface area contributed by atoms with Crippen molar-refractivity contribution in [2.75, 3.05) is 44.2 Å². The first-order valence-electron chi connectivity index (χ1n) is 11.3. The van der Waals surface area contributed by atoms with Gasteiger partial charge in [0.1, 0.15) is 0 Å². The van der Waals surface area contributed by atoms with E-state index in [1.54, 1.807) is 16.9 Å². The van der Waals surface area contributed by atoms with Crippen LogP contribution < -0.4 is 4.90 Å². The van der Waals surface area contributed by atoms with Crippen LogP contribution in [0.1, 0.15) is 40.0 Å². The predicted octanol–water partition coefficient (Wildman–Crippen LogP) is 2.66. The molecule has 2 aromatic rings. The molecule has 3 aliphatic rings. The molecule has 162 valence electrons. The van der Waals surface area contributed by atoms with E-state index in [9.17, 15) is 9.59 Å². The summed E-state index contributed by atoms with van der Waals surface area (Å²) in [7, 11) is 0. The molecule has 31 heavy (non-hydrogen) atoms. The number of piperazine rings is 1. The molecule has 5 rings (SSSR count). The van der Waals surface area contributed by atoms with Gasteiger partial charge in [-0.3, -0.25) is 24.1 Å². The van der Waals surface area contributed by atoms with Gasteiger partial charge >= 0.3 is 0 Å². The van der Waals surface area contributed by atoms with E-state index >= 15 is 0 Å². The van der Waals surface area contributed by atoms with Crippen LogP contribution in [0.4, 0.5) is 5.69 Å². The molecule has 0 unspecified atom stereocenters. The van der Waals surface area contributed by atoms with E-state index in [1.807, 2.05) is 24.4 Å². The third-order valence-electron chi connectivity index (χ3n) is 6.70. The fraction of sp³-hybridized carbons (Fsp3) is 0.458. The van der Waals surface area contributed by atoms with Crippen molar-refractivity contribution >= 4 is 17.5 Å². The molecule has 1 aromatic carbocycles. The van der Waals surface area contributed by atoms with Gasteiger partial charge in [-0.1, -0.05) is 18.2 Å². The van der Waals surface area contributed by atoms with Gasteiger partial charge in [-0.05, 0) is 43.4 Å². The van der Waals surface area contributed by atoms with Crippen LogP contribution in [0.3, 0.4) is 0 Å². The number of carbonyl (C=O) groups excluding carboxylic acids is 2. The Hall–Kier alpha value is -2.93. The number of imide groups is 1. The van der Waals surface area contributed by atoms with Crippen LogP contribution in [0.25, 0.3) is 0 Å². The fourth-order valence-corrected chi connectivity index (χ4v) is 4.98. The first-order chi connectivity index (χ1) is 15.2. The van der Waals surface area contributed by atoms with Gasteiger partial charge in [0.25, 0.3) is 11.8 Å². The number of amides is 2. The van der Waals surface area contributed by atoms with Crippen molar-refractivity contribution in [3.8, 4) is 0 Å². The van der Waals surface area contributed by atoms with Crippen molar-refractivity contribution in [2.45, 2.75) is 25.8 Å². The van der Waals surface area contributed by atoms with Gasteiger partial charge in [-0.2, -0.15) is 5.10 Å². The zero-order chi connectivity index (χ0) is 21.2. The zero-order valence-corrected chi connectivity index (χ0v) is 17.8. The van der Waals surface area contributed by atoms with Gasteiger partial charge in [0.05, 0.1) is 23.4 Å². The Morgan fingerprint density at radius 2 is 1.84 bits per heavy atom. The Kier molecular flexibility index (Phi) is 5.59. The third kappa shape index (κ3) is 4.02. The smallest absolute Gasteiger partial charge is 0.263 e. The molecule has 0 spiro atoms. The topological polar surface area (TPSA) is 61.7 Å². The maximum absolute atomic E-state index is 13.2. The van der Waals surface area contributed by atoms with Gasteiger partial charge in [0.2, 0.25) is 0 Å². The van der Waals surface area contributed by atoms with E-state index in [-0.39, 0.29) is 11.8 Å². The predicted molar refractivity (Wildman–Crippen MR) is 119 cm³/mol. The van der Waals surface area contributed by atoms with Gasteiger partial charge in [-0.25, -0.2) is 0 Å². The van der Waals surface area contributed by atoms with Crippen LogP contribution in [0.15, 0.2) is 48.8 Å². The first kappa shape index (κ1) is 20.0. The number of nitrogens with zero attached hydrogens (tertiary/aromatic N) is 5. The molecular weight excluding hydrogens is 390 g/mol. The molecule has 0 bridgehead atoms. The average molecular weight is 420 g/mol. The zero-order valence-electron chi connectivity index (χ0n) is 17.8. The molecule has 7 nitrogen and oxygen atoms in total. The number of hydrogen-bond acceptors (Lipinski definition) is 5.